The lowest BCUT2D eigenvalue weighted by molar-refractivity contribution is 0.383. The lowest BCUT2D eigenvalue weighted by Gasteiger charge is -2.25. The van der Waals surface area contributed by atoms with Gasteiger partial charge in [0.15, 0.2) is 0 Å². The van der Waals surface area contributed by atoms with Crippen LogP contribution in [-0.2, 0) is 0 Å². The first-order valence-corrected chi connectivity index (χ1v) is 4.49. The van der Waals surface area contributed by atoms with Gasteiger partial charge in [0, 0.05) is 11.8 Å². The van der Waals surface area contributed by atoms with Crippen molar-refractivity contribution in [1.82, 2.24) is 0 Å². The van der Waals surface area contributed by atoms with Crippen LogP contribution < -0.4 is 0 Å². The molecule has 0 radical (unpaired) electrons. The number of aliphatic imine (C=N–C) groups is 1. The van der Waals surface area contributed by atoms with Gasteiger partial charge in [0.05, 0.1) is 11.8 Å². The van der Waals surface area contributed by atoms with E-state index in [1.54, 1.807) is 6.08 Å². The molecule has 0 amide bonds. The molecule has 0 saturated carbocycles. The highest BCUT2D eigenvalue weighted by molar-refractivity contribution is 5.30. The average Bonchev–Trinajstić information content (AvgIpc) is 2.05. The summed E-state index contributed by atoms with van der Waals surface area (Å²) in [5.74, 6) is 0.400. The van der Waals surface area contributed by atoms with Crippen LogP contribution in [0.3, 0.4) is 0 Å². The van der Waals surface area contributed by atoms with Crippen LogP contribution in [0.15, 0.2) is 28.5 Å². The van der Waals surface area contributed by atoms with Gasteiger partial charge in [-0.05, 0) is 19.7 Å². The molecule has 0 bridgehead atoms. The number of rotatable bonds is 1. The maximum absolute atomic E-state index is 9.53. The van der Waals surface area contributed by atoms with Crippen LogP contribution >= 0.6 is 0 Å². The molecule has 1 rings (SSSR count). The Morgan fingerprint density at radius 3 is 2.77 bits per heavy atom. The van der Waals surface area contributed by atoms with E-state index in [-0.39, 0.29) is 11.5 Å². The van der Waals surface area contributed by atoms with Crippen molar-refractivity contribution >= 4 is 6.72 Å². The fraction of sp³-hybridized carbons (Fsp3) is 0.545. The van der Waals surface area contributed by atoms with Crippen LogP contribution in [0.1, 0.15) is 27.2 Å². The number of hydrogen-bond donors (Lipinski definition) is 1. The fourth-order valence-electron chi connectivity index (χ4n) is 1.80. The minimum atomic E-state index is -0.0453. The van der Waals surface area contributed by atoms with Crippen molar-refractivity contribution in [3.63, 3.8) is 0 Å². The van der Waals surface area contributed by atoms with Crippen LogP contribution in [-0.4, -0.2) is 17.9 Å². The summed E-state index contributed by atoms with van der Waals surface area (Å²) in [5.41, 5.74) is 1.14. The molecule has 2 nitrogen and oxygen atoms in total. The van der Waals surface area contributed by atoms with Crippen LogP contribution in [0.5, 0.6) is 0 Å². The highest BCUT2D eigenvalue weighted by Crippen LogP contribution is 2.32. The zero-order valence-electron chi connectivity index (χ0n) is 8.54. The lowest BCUT2D eigenvalue weighted by atomic mass is 9.84. The van der Waals surface area contributed by atoms with Crippen molar-refractivity contribution in [2.24, 2.45) is 10.4 Å². The van der Waals surface area contributed by atoms with E-state index in [9.17, 15) is 5.11 Å². The minimum Gasteiger partial charge on any atom is -0.512 e. The Morgan fingerprint density at radius 1 is 1.62 bits per heavy atom. The van der Waals surface area contributed by atoms with Gasteiger partial charge in [-0.2, -0.15) is 0 Å². The van der Waals surface area contributed by atoms with E-state index in [1.165, 1.54) is 5.57 Å². The number of aliphatic hydroxyl groups excluding tert-OH is 1. The van der Waals surface area contributed by atoms with Gasteiger partial charge in [-0.1, -0.05) is 25.5 Å². The van der Waals surface area contributed by atoms with Gasteiger partial charge in [-0.25, -0.2) is 0 Å². The van der Waals surface area contributed by atoms with E-state index in [0.717, 1.165) is 0 Å². The molecule has 13 heavy (non-hydrogen) atoms. The molecule has 1 aliphatic carbocycles. The predicted molar refractivity (Wildman–Crippen MR) is 56.2 cm³/mol. The molecule has 0 aromatic carbocycles. The zero-order chi connectivity index (χ0) is 10.1. The van der Waals surface area contributed by atoms with Crippen molar-refractivity contribution in [2.45, 2.75) is 33.2 Å². The zero-order valence-corrected chi connectivity index (χ0v) is 8.54. The van der Waals surface area contributed by atoms with Crippen molar-refractivity contribution in [3.05, 3.63) is 23.5 Å². The van der Waals surface area contributed by atoms with Gasteiger partial charge < -0.3 is 5.11 Å². The summed E-state index contributed by atoms with van der Waals surface area (Å²) in [6, 6.07) is -0.0232. The highest BCUT2D eigenvalue weighted by atomic mass is 16.3. The van der Waals surface area contributed by atoms with Gasteiger partial charge >= 0.3 is 0 Å². The topological polar surface area (TPSA) is 32.6 Å². The summed E-state index contributed by atoms with van der Waals surface area (Å²) < 4.78 is 0. The number of hydrogen-bond acceptors (Lipinski definition) is 2. The molecule has 0 aromatic rings. The summed E-state index contributed by atoms with van der Waals surface area (Å²) in [6.45, 7) is 9.78. The normalized spacial score (nSPS) is 27.2. The summed E-state index contributed by atoms with van der Waals surface area (Å²) >= 11 is 0. The molecule has 0 saturated heterocycles. The second-order valence-electron chi connectivity index (χ2n) is 4.27. The molecule has 1 atom stereocenters. The SMILES string of the molecule is C=NC1C=C(O)CC(C)=CC1(C)C. The standard InChI is InChI=1S/C11H17NO/c1-8-5-9(13)6-10(12-4)11(2,3)7-8/h6-7,10,13H,4-5H2,1-3H3. The highest BCUT2D eigenvalue weighted by Gasteiger charge is 2.27. The summed E-state index contributed by atoms with van der Waals surface area (Å²) in [4.78, 5) is 4.01. The quantitative estimate of drug-likeness (QED) is 0.487. The van der Waals surface area contributed by atoms with Crippen molar-refractivity contribution in [1.29, 1.82) is 0 Å². The number of nitrogens with zero attached hydrogens (tertiary/aromatic N) is 1. The third kappa shape index (κ3) is 2.20. The van der Waals surface area contributed by atoms with Gasteiger partial charge in [0.1, 0.15) is 0 Å². The molecule has 1 unspecified atom stereocenters. The number of aliphatic hydroxyl groups is 1. The van der Waals surface area contributed by atoms with E-state index in [1.807, 2.05) is 6.92 Å². The van der Waals surface area contributed by atoms with Crippen LogP contribution in [0.2, 0.25) is 0 Å². The Balaban J connectivity index is 3.09. The summed E-state index contributed by atoms with van der Waals surface area (Å²) in [7, 11) is 0. The van der Waals surface area contributed by atoms with E-state index in [0.29, 0.717) is 12.2 Å². The summed E-state index contributed by atoms with van der Waals surface area (Å²) in [5, 5.41) is 9.53. The minimum absolute atomic E-state index is 0.0232. The molecular weight excluding hydrogens is 162 g/mol. The lowest BCUT2D eigenvalue weighted by Crippen LogP contribution is -2.23. The van der Waals surface area contributed by atoms with Crippen molar-refractivity contribution < 1.29 is 5.11 Å². The van der Waals surface area contributed by atoms with E-state index in [2.05, 4.69) is 31.6 Å². The Bertz CT molecular complexity index is 274. The average molecular weight is 179 g/mol. The smallest absolute Gasteiger partial charge is 0.0944 e. The second-order valence-corrected chi connectivity index (χ2v) is 4.27. The maximum Gasteiger partial charge on any atom is 0.0944 e. The van der Waals surface area contributed by atoms with Crippen LogP contribution in [0.25, 0.3) is 0 Å². The van der Waals surface area contributed by atoms with Gasteiger partial charge in [-0.3, -0.25) is 4.99 Å². The second kappa shape index (κ2) is 3.36. The van der Waals surface area contributed by atoms with Crippen LogP contribution in [0, 0.1) is 5.41 Å². The first-order valence-electron chi connectivity index (χ1n) is 4.49. The molecule has 0 spiro atoms. The Kier molecular flexibility index (Phi) is 2.60. The van der Waals surface area contributed by atoms with E-state index in [4.69, 9.17) is 0 Å². The first kappa shape index (κ1) is 10.0. The Hall–Kier alpha value is -1.05. The monoisotopic (exact) mass is 179 g/mol. The van der Waals surface area contributed by atoms with Crippen molar-refractivity contribution in [2.75, 3.05) is 0 Å². The van der Waals surface area contributed by atoms with E-state index >= 15 is 0 Å². The molecule has 0 fully saturated rings. The number of allylic oxidation sites excluding steroid dienone is 1. The van der Waals surface area contributed by atoms with Crippen LogP contribution in [0.4, 0.5) is 0 Å². The van der Waals surface area contributed by atoms with Gasteiger partial charge in [0.25, 0.3) is 0 Å². The molecule has 2 heteroatoms. The predicted octanol–water partition coefficient (Wildman–Crippen LogP) is 2.87. The van der Waals surface area contributed by atoms with Gasteiger partial charge in [0.2, 0.25) is 0 Å². The Labute approximate surface area is 79.7 Å². The molecule has 72 valence electrons. The molecular formula is C11H17NO. The molecule has 0 aromatic heterocycles. The van der Waals surface area contributed by atoms with Crippen molar-refractivity contribution in [3.8, 4) is 0 Å². The molecule has 1 aliphatic rings. The third-order valence-corrected chi connectivity index (χ3v) is 2.39. The Morgan fingerprint density at radius 2 is 2.23 bits per heavy atom. The maximum atomic E-state index is 9.53. The first-order chi connectivity index (χ1) is 5.95. The third-order valence-electron chi connectivity index (χ3n) is 2.39. The summed E-state index contributed by atoms with van der Waals surface area (Å²) in [6.07, 6.45) is 4.58. The molecule has 0 heterocycles. The largest absolute Gasteiger partial charge is 0.512 e. The fourth-order valence-corrected chi connectivity index (χ4v) is 1.80. The molecule has 1 N–H and O–H groups in total. The van der Waals surface area contributed by atoms with Gasteiger partial charge in [-0.15, -0.1) is 0 Å². The molecule has 0 aliphatic heterocycles. The van der Waals surface area contributed by atoms with E-state index < -0.39 is 0 Å².